The molecule has 0 spiro atoms. The number of aldehydes is 1. The fourth-order valence-corrected chi connectivity index (χ4v) is 2.39. The lowest BCUT2D eigenvalue weighted by Gasteiger charge is -2.04. The molecule has 1 aromatic carbocycles. The molecule has 2 nitrogen and oxygen atoms in total. The average molecular weight is 246 g/mol. The van der Waals surface area contributed by atoms with Gasteiger partial charge in [0.1, 0.15) is 18.6 Å². The van der Waals surface area contributed by atoms with Crippen molar-refractivity contribution in [1.82, 2.24) is 0 Å². The molecule has 0 N–H and O–H groups in total. The molecule has 1 heterocycles. The quantitative estimate of drug-likeness (QED) is 0.752. The van der Waals surface area contributed by atoms with Crippen molar-refractivity contribution in [2.24, 2.45) is 0 Å². The molecule has 0 amide bonds. The third-order valence-electron chi connectivity index (χ3n) is 2.44. The van der Waals surface area contributed by atoms with Crippen LogP contribution in [0.4, 0.5) is 0 Å². The zero-order chi connectivity index (χ0) is 12.1. The van der Waals surface area contributed by atoms with E-state index in [1.165, 1.54) is 9.75 Å². The Morgan fingerprint density at radius 3 is 2.76 bits per heavy atom. The number of thiophene rings is 1. The van der Waals surface area contributed by atoms with Crippen LogP contribution in [0.2, 0.25) is 0 Å². The molecule has 0 aliphatic rings. The SMILES string of the molecule is CCc1ccc(COc2cccc(C=O)c2)s1. The third kappa shape index (κ3) is 3.17. The van der Waals surface area contributed by atoms with Crippen molar-refractivity contribution < 1.29 is 9.53 Å². The van der Waals surface area contributed by atoms with Crippen LogP contribution in [-0.2, 0) is 13.0 Å². The molecule has 2 aromatic rings. The van der Waals surface area contributed by atoms with Gasteiger partial charge in [-0.15, -0.1) is 11.3 Å². The van der Waals surface area contributed by atoms with Crippen molar-refractivity contribution in [3.05, 3.63) is 51.7 Å². The molecule has 3 heteroatoms. The van der Waals surface area contributed by atoms with Crippen molar-refractivity contribution in [2.75, 3.05) is 0 Å². The number of hydrogen-bond donors (Lipinski definition) is 0. The first-order valence-electron chi connectivity index (χ1n) is 5.57. The predicted molar refractivity (Wildman–Crippen MR) is 69.9 cm³/mol. The van der Waals surface area contributed by atoms with E-state index in [1.807, 2.05) is 12.1 Å². The van der Waals surface area contributed by atoms with Crippen molar-refractivity contribution in [3.63, 3.8) is 0 Å². The van der Waals surface area contributed by atoms with Crippen molar-refractivity contribution >= 4 is 17.6 Å². The highest BCUT2D eigenvalue weighted by molar-refractivity contribution is 7.11. The number of ether oxygens (including phenoxy) is 1. The lowest BCUT2D eigenvalue weighted by atomic mass is 10.2. The molecule has 17 heavy (non-hydrogen) atoms. The molecule has 0 aliphatic heterocycles. The Morgan fingerprint density at radius 1 is 1.24 bits per heavy atom. The largest absolute Gasteiger partial charge is 0.488 e. The summed E-state index contributed by atoms with van der Waals surface area (Å²) in [5, 5.41) is 0. The normalized spacial score (nSPS) is 10.2. The van der Waals surface area contributed by atoms with E-state index in [0.29, 0.717) is 12.2 Å². The molecular formula is C14H14O2S. The summed E-state index contributed by atoms with van der Waals surface area (Å²) in [6.07, 6.45) is 1.89. The first kappa shape index (κ1) is 11.9. The van der Waals surface area contributed by atoms with Crippen LogP contribution in [0.5, 0.6) is 5.75 Å². The van der Waals surface area contributed by atoms with Crippen molar-refractivity contribution in [3.8, 4) is 5.75 Å². The van der Waals surface area contributed by atoms with Crippen molar-refractivity contribution in [2.45, 2.75) is 20.0 Å². The van der Waals surface area contributed by atoms with Gasteiger partial charge in [-0.05, 0) is 30.7 Å². The van der Waals surface area contributed by atoms with Crippen LogP contribution in [0.3, 0.4) is 0 Å². The summed E-state index contributed by atoms with van der Waals surface area (Å²) in [6.45, 7) is 2.71. The number of carbonyl (C=O) groups excluding carboxylic acids is 1. The number of rotatable bonds is 5. The first-order chi connectivity index (χ1) is 8.31. The Labute approximate surface area is 105 Å². The minimum atomic E-state index is 0.562. The molecule has 2 rings (SSSR count). The van der Waals surface area contributed by atoms with E-state index in [9.17, 15) is 4.79 Å². The van der Waals surface area contributed by atoms with E-state index in [0.717, 1.165) is 18.5 Å². The Balaban J connectivity index is 1.99. The van der Waals surface area contributed by atoms with Gasteiger partial charge in [-0.25, -0.2) is 0 Å². The molecular weight excluding hydrogens is 232 g/mol. The highest BCUT2D eigenvalue weighted by Gasteiger charge is 2.00. The van der Waals surface area contributed by atoms with E-state index in [2.05, 4.69) is 19.1 Å². The maximum Gasteiger partial charge on any atom is 0.150 e. The summed E-state index contributed by atoms with van der Waals surface area (Å²) < 4.78 is 5.64. The van der Waals surface area contributed by atoms with Crippen LogP contribution < -0.4 is 4.74 Å². The Bertz CT molecular complexity index is 502. The van der Waals surface area contributed by atoms with Gasteiger partial charge in [-0.1, -0.05) is 19.1 Å². The van der Waals surface area contributed by atoms with Crippen LogP contribution in [0.15, 0.2) is 36.4 Å². The monoisotopic (exact) mass is 246 g/mol. The number of carbonyl (C=O) groups is 1. The van der Waals surface area contributed by atoms with Crippen LogP contribution in [0.25, 0.3) is 0 Å². The van der Waals surface area contributed by atoms with Crippen LogP contribution in [0, 0.1) is 0 Å². The smallest absolute Gasteiger partial charge is 0.150 e. The third-order valence-corrected chi connectivity index (χ3v) is 3.64. The highest BCUT2D eigenvalue weighted by Crippen LogP contribution is 2.20. The first-order valence-corrected chi connectivity index (χ1v) is 6.39. The van der Waals surface area contributed by atoms with Gasteiger partial charge >= 0.3 is 0 Å². The Morgan fingerprint density at radius 2 is 2.06 bits per heavy atom. The lowest BCUT2D eigenvalue weighted by molar-refractivity contribution is 0.112. The fraction of sp³-hybridized carbons (Fsp3) is 0.214. The van der Waals surface area contributed by atoms with Gasteiger partial charge in [0.15, 0.2) is 0 Å². The second-order valence-electron chi connectivity index (χ2n) is 3.70. The minimum Gasteiger partial charge on any atom is -0.488 e. The summed E-state index contributed by atoms with van der Waals surface area (Å²) in [6, 6.07) is 11.4. The van der Waals surface area contributed by atoms with E-state index < -0.39 is 0 Å². The molecule has 0 aliphatic carbocycles. The van der Waals surface area contributed by atoms with E-state index in [-0.39, 0.29) is 0 Å². The predicted octanol–water partition coefficient (Wildman–Crippen LogP) is 3.70. The van der Waals surface area contributed by atoms with Crippen LogP contribution in [0.1, 0.15) is 27.0 Å². The Kier molecular flexibility index (Phi) is 3.94. The van der Waals surface area contributed by atoms with Gasteiger partial charge in [0.05, 0.1) is 0 Å². The second kappa shape index (κ2) is 5.64. The molecule has 0 fully saturated rings. The van der Waals surface area contributed by atoms with E-state index >= 15 is 0 Å². The van der Waals surface area contributed by atoms with E-state index in [1.54, 1.807) is 23.5 Å². The standard InChI is InChI=1S/C14H14O2S/c1-2-13-6-7-14(17-13)10-16-12-5-3-4-11(8-12)9-15/h3-9H,2,10H2,1H3. The van der Waals surface area contributed by atoms with Gasteiger partial charge in [0, 0.05) is 15.3 Å². The molecule has 0 saturated heterocycles. The molecule has 0 atom stereocenters. The molecule has 88 valence electrons. The average Bonchev–Trinajstić information content (AvgIpc) is 2.84. The van der Waals surface area contributed by atoms with Gasteiger partial charge in [0.25, 0.3) is 0 Å². The summed E-state index contributed by atoms with van der Waals surface area (Å²) in [7, 11) is 0. The molecule has 0 saturated carbocycles. The van der Waals surface area contributed by atoms with Crippen LogP contribution in [-0.4, -0.2) is 6.29 Å². The maximum atomic E-state index is 10.6. The van der Waals surface area contributed by atoms with Crippen molar-refractivity contribution in [1.29, 1.82) is 0 Å². The number of benzene rings is 1. The summed E-state index contributed by atoms with van der Waals surface area (Å²) >= 11 is 1.77. The minimum absolute atomic E-state index is 0.562. The van der Waals surface area contributed by atoms with Gasteiger partial charge in [0.2, 0.25) is 0 Å². The zero-order valence-electron chi connectivity index (χ0n) is 9.68. The summed E-state index contributed by atoms with van der Waals surface area (Å²) in [4.78, 5) is 13.2. The summed E-state index contributed by atoms with van der Waals surface area (Å²) in [5.74, 6) is 0.737. The van der Waals surface area contributed by atoms with Crippen LogP contribution >= 0.6 is 11.3 Å². The maximum absolute atomic E-state index is 10.6. The number of aryl methyl sites for hydroxylation is 1. The lowest BCUT2D eigenvalue weighted by Crippen LogP contribution is -1.93. The van der Waals surface area contributed by atoms with E-state index in [4.69, 9.17) is 4.74 Å². The summed E-state index contributed by atoms with van der Waals surface area (Å²) in [5.41, 5.74) is 0.642. The second-order valence-corrected chi connectivity index (χ2v) is 4.95. The highest BCUT2D eigenvalue weighted by atomic mass is 32.1. The molecule has 0 bridgehead atoms. The Hall–Kier alpha value is -1.61. The zero-order valence-corrected chi connectivity index (χ0v) is 10.5. The molecule has 1 aromatic heterocycles. The number of hydrogen-bond acceptors (Lipinski definition) is 3. The topological polar surface area (TPSA) is 26.3 Å². The van der Waals surface area contributed by atoms with Gasteiger partial charge in [-0.2, -0.15) is 0 Å². The van der Waals surface area contributed by atoms with Gasteiger partial charge < -0.3 is 4.74 Å². The molecule has 0 unspecified atom stereocenters. The van der Waals surface area contributed by atoms with Gasteiger partial charge in [-0.3, -0.25) is 4.79 Å². The molecule has 0 radical (unpaired) electrons. The fourth-order valence-electron chi connectivity index (χ4n) is 1.52.